The van der Waals surface area contributed by atoms with E-state index in [1.54, 1.807) is 19.1 Å². The van der Waals surface area contributed by atoms with Gasteiger partial charge in [-0.1, -0.05) is 0 Å². The predicted octanol–water partition coefficient (Wildman–Crippen LogP) is 3.95. The highest BCUT2D eigenvalue weighted by Gasteiger charge is 2.27. The maximum atomic E-state index is 13.3. The number of hydrogen-bond donors (Lipinski definition) is 2. The number of nitrogens with zero attached hydrogens (tertiary/aromatic N) is 3. The Morgan fingerprint density at radius 2 is 1.81 bits per heavy atom. The lowest BCUT2D eigenvalue weighted by atomic mass is 10.1. The van der Waals surface area contributed by atoms with Crippen molar-refractivity contribution in [2.75, 3.05) is 29.9 Å². The first kappa shape index (κ1) is 28.0. The van der Waals surface area contributed by atoms with Crippen LogP contribution >= 0.6 is 37.2 Å². The standard InChI is InChI=1S/C20H24FN5O3.3ClH/c1-2-29-20(28)26-17-12-22-11-16(17)18(24-26)23-19(27)13-3-5-15(6-4-13)25-9-7-14(21)8-10-25;;;/h3-6,14,22H,2,7-12H2,1H3,(H,23,24,27);3*1H. The summed E-state index contributed by atoms with van der Waals surface area (Å²) in [6.07, 6.45) is -0.217. The quantitative estimate of drug-likeness (QED) is 0.648. The molecule has 1 aromatic carbocycles. The fraction of sp³-hybridized carbons (Fsp3) is 0.450. The molecule has 3 heterocycles. The number of benzene rings is 1. The van der Waals surface area contributed by atoms with Gasteiger partial charge in [0, 0.05) is 43.0 Å². The summed E-state index contributed by atoms with van der Waals surface area (Å²) in [5, 5.41) is 10.2. The summed E-state index contributed by atoms with van der Waals surface area (Å²) < 4.78 is 19.5. The molecule has 1 aromatic heterocycles. The molecule has 2 aliphatic heterocycles. The van der Waals surface area contributed by atoms with Crippen molar-refractivity contribution in [3.05, 3.63) is 41.1 Å². The maximum Gasteiger partial charge on any atom is 0.435 e. The second kappa shape index (κ2) is 12.2. The molecule has 1 amide bonds. The summed E-state index contributed by atoms with van der Waals surface area (Å²) in [5.74, 6) is 0.0550. The summed E-state index contributed by atoms with van der Waals surface area (Å²) in [4.78, 5) is 26.9. The third-order valence-corrected chi connectivity index (χ3v) is 5.28. The van der Waals surface area contributed by atoms with Gasteiger partial charge in [0.2, 0.25) is 0 Å². The van der Waals surface area contributed by atoms with Crippen molar-refractivity contribution in [2.45, 2.75) is 39.0 Å². The molecule has 12 heteroatoms. The molecule has 2 N–H and O–H groups in total. The normalized spacial score (nSPS) is 15.0. The number of hydrogen-bond acceptors (Lipinski definition) is 6. The maximum absolute atomic E-state index is 13.3. The lowest BCUT2D eigenvalue weighted by Crippen LogP contribution is -2.34. The molecule has 0 atom stereocenters. The largest absolute Gasteiger partial charge is 0.448 e. The van der Waals surface area contributed by atoms with Gasteiger partial charge < -0.3 is 20.3 Å². The Labute approximate surface area is 204 Å². The highest BCUT2D eigenvalue weighted by atomic mass is 35.5. The van der Waals surface area contributed by atoms with Gasteiger partial charge in [-0.05, 0) is 44.0 Å². The molecule has 4 rings (SSSR count). The third-order valence-electron chi connectivity index (χ3n) is 5.28. The van der Waals surface area contributed by atoms with Crippen molar-refractivity contribution < 1.29 is 18.7 Å². The smallest absolute Gasteiger partial charge is 0.435 e. The Balaban J connectivity index is 0.00000171. The number of amides is 1. The highest BCUT2D eigenvalue weighted by molar-refractivity contribution is 6.04. The lowest BCUT2D eigenvalue weighted by Gasteiger charge is -2.30. The van der Waals surface area contributed by atoms with Gasteiger partial charge in [0.1, 0.15) is 6.17 Å². The van der Waals surface area contributed by atoms with Crippen LogP contribution in [-0.2, 0) is 17.8 Å². The number of carbonyl (C=O) groups excluding carboxylic acids is 2. The van der Waals surface area contributed by atoms with Crippen LogP contribution in [0.25, 0.3) is 0 Å². The van der Waals surface area contributed by atoms with Crippen LogP contribution in [0.5, 0.6) is 0 Å². The number of rotatable bonds is 4. The van der Waals surface area contributed by atoms with Crippen molar-refractivity contribution in [3.63, 3.8) is 0 Å². The van der Waals surface area contributed by atoms with Gasteiger partial charge in [0.05, 0.1) is 12.3 Å². The zero-order valence-electron chi connectivity index (χ0n) is 17.5. The molecule has 0 saturated carbocycles. The minimum atomic E-state index is -0.720. The molecular formula is C20H27Cl3FN5O3. The third kappa shape index (κ3) is 5.83. The number of fused-ring (bicyclic) bond motifs is 1. The van der Waals surface area contributed by atoms with Gasteiger partial charge in [-0.15, -0.1) is 42.3 Å². The summed E-state index contributed by atoms with van der Waals surface area (Å²) in [5.41, 5.74) is 2.95. The summed E-state index contributed by atoms with van der Waals surface area (Å²) in [6, 6.07) is 7.23. The number of alkyl halides is 1. The second-order valence-electron chi connectivity index (χ2n) is 7.15. The Hall–Kier alpha value is -2.07. The number of ether oxygens (including phenoxy) is 1. The van der Waals surface area contributed by atoms with Gasteiger partial charge in [0.15, 0.2) is 5.82 Å². The average molecular weight is 511 g/mol. The van der Waals surface area contributed by atoms with E-state index in [-0.39, 0.29) is 49.7 Å². The van der Waals surface area contributed by atoms with E-state index in [1.807, 2.05) is 12.1 Å². The molecule has 0 unspecified atom stereocenters. The van der Waals surface area contributed by atoms with E-state index in [0.29, 0.717) is 56.1 Å². The molecule has 1 saturated heterocycles. The number of nitrogens with one attached hydrogen (secondary N) is 2. The average Bonchev–Trinajstić information content (AvgIpc) is 3.33. The number of carbonyl (C=O) groups is 2. The first-order chi connectivity index (χ1) is 14.1. The van der Waals surface area contributed by atoms with Crippen molar-refractivity contribution >= 4 is 60.7 Å². The first-order valence-electron chi connectivity index (χ1n) is 9.86. The minimum absolute atomic E-state index is 0. The van der Waals surface area contributed by atoms with E-state index in [2.05, 4.69) is 20.6 Å². The van der Waals surface area contributed by atoms with Gasteiger partial charge in [-0.3, -0.25) is 4.79 Å². The van der Waals surface area contributed by atoms with E-state index in [9.17, 15) is 14.0 Å². The molecule has 1 fully saturated rings. The van der Waals surface area contributed by atoms with Crippen LogP contribution in [0.15, 0.2) is 24.3 Å². The van der Waals surface area contributed by atoms with E-state index >= 15 is 0 Å². The van der Waals surface area contributed by atoms with Crippen LogP contribution < -0.4 is 15.5 Å². The first-order valence-corrected chi connectivity index (χ1v) is 9.86. The molecule has 0 radical (unpaired) electrons. The number of piperidine rings is 1. The summed E-state index contributed by atoms with van der Waals surface area (Å²) >= 11 is 0. The predicted molar refractivity (Wildman–Crippen MR) is 128 cm³/mol. The van der Waals surface area contributed by atoms with Gasteiger partial charge >= 0.3 is 6.09 Å². The van der Waals surface area contributed by atoms with Crippen molar-refractivity contribution in [3.8, 4) is 0 Å². The van der Waals surface area contributed by atoms with Crippen molar-refractivity contribution in [1.82, 2.24) is 15.1 Å². The number of halogens is 4. The Kier molecular flexibility index (Phi) is 10.7. The van der Waals surface area contributed by atoms with Crippen LogP contribution in [0.3, 0.4) is 0 Å². The number of aromatic nitrogens is 2. The van der Waals surface area contributed by atoms with Crippen molar-refractivity contribution in [2.24, 2.45) is 0 Å². The zero-order valence-corrected chi connectivity index (χ0v) is 20.0. The van der Waals surface area contributed by atoms with Gasteiger partial charge in [0.25, 0.3) is 5.91 Å². The zero-order chi connectivity index (χ0) is 20.4. The van der Waals surface area contributed by atoms with E-state index < -0.39 is 12.3 Å². The summed E-state index contributed by atoms with van der Waals surface area (Å²) in [6.45, 7) is 4.34. The molecule has 0 bridgehead atoms. The van der Waals surface area contributed by atoms with Crippen LogP contribution in [0.4, 0.5) is 20.7 Å². The molecule has 2 aromatic rings. The Morgan fingerprint density at radius 1 is 1.16 bits per heavy atom. The van der Waals surface area contributed by atoms with Crippen molar-refractivity contribution in [1.29, 1.82) is 0 Å². The molecule has 32 heavy (non-hydrogen) atoms. The molecule has 8 nitrogen and oxygen atoms in total. The molecular weight excluding hydrogens is 484 g/mol. The molecule has 2 aliphatic rings. The highest BCUT2D eigenvalue weighted by Crippen LogP contribution is 2.25. The lowest BCUT2D eigenvalue weighted by molar-refractivity contribution is 0.102. The fourth-order valence-electron chi connectivity index (χ4n) is 3.70. The number of anilines is 2. The summed E-state index contributed by atoms with van der Waals surface area (Å²) in [7, 11) is 0. The van der Waals surface area contributed by atoms with Crippen LogP contribution in [0, 0.1) is 0 Å². The topological polar surface area (TPSA) is 88.5 Å². The second-order valence-corrected chi connectivity index (χ2v) is 7.15. The SMILES string of the molecule is CCOC(=O)n1nc(NC(=O)c2ccc(N3CCC(F)CC3)cc2)c2c1CNC2.Cl.Cl.Cl. The fourth-order valence-corrected chi connectivity index (χ4v) is 3.70. The monoisotopic (exact) mass is 509 g/mol. The van der Waals surface area contributed by atoms with E-state index in [0.717, 1.165) is 11.3 Å². The van der Waals surface area contributed by atoms with Crippen LogP contribution in [0.1, 0.15) is 41.4 Å². The van der Waals surface area contributed by atoms with Gasteiger partial charge in [-0.25, -0.2) is 9.18 Å². The Morgan fingerprint density at radius 3 is 2.44 bits per heavy atom. The minimum Gasteiger partial charge on any atom is -0.448 e. The van der Waals surface area contributed by atoms with Crippen LogP contribution in [0.2, 0.25) is 0 Å². The van der Waals surface area contributed by atoms with Crippen LogP contribution in [-0.4, -0.2) is 47.6 Å². The molecule has 0 aliphatic carbocycles. The Bertz CT molecular complexity index is 918. The van der Waals surface area contributed by atoms with E-state index in [4.69, 9.17) is 4.74 Å². The molecule has 178 valence electrons. The van der Waals surface area contributed by atoms with E-state index in [1.165, 1.54) is 4.68 Å². The van der Waals surface area contributed by atoms with Gasteiger partial charge in [-0.2, -0.15) is 4.68 Å². The molecule has 0 spiro atoms.